The lowest BCUT2D eigenvalue weighted by Gasteiger charge is -2.66. The minimum atomic E-state index is 0.462. The smallest absolute Gasteiger partial charge is 0.0367 e. The molecule has 35 heavy (non-hydrogen) atoms. The van der Waals surface area contributed by atoms with Crippen molar-refractivity contribution in [3.05, 3.63) is 65.7 Å². The zero-order valence-electron chi connectivity index (χ0n) is 21.8. The Morgan fingerprint density at radius 2 is 1.37 bits per heavy atom. The lowest BCUT2D eigenvalue weighted by atomic mass is 9.38. The van der Waals surface area contributed by atoms with E-state index in [0.717, 1.165) is 30.8 Å². The molecule has 5 saturated carbocycles. The normalized spacial score (nSPS) is 36.1. The van der Waals surface area contributed by atoms with Gasteiger partial charge in [-0.1, -0.05) is 55.3 Å². The van der Waals surface area contributed by atoms with Crippen LogP contribution in [0.25, 0.3) is 0 Å². The Morgan fingerprint density at radius 1 is 0.743 bits per heavy atom. The summed E-state index contributed by atoms with van der Waals surface area (Å²) in [6.45, 7) is 4.64. The first kappa shape index (κ1) is 22.4. The van der Waals surface area contributed by atoms with Gasteiger partial charge in [0.15, 0.2) is 0 Å². The number of piperazine rings is 1. The van der Waals surface area contributed by atoms with Gasteiger partial charge in [0, 0.05) is 37.8 Å². The topological polar surface area (TPSA) is 6.48 Å². The van der Waals surface area contributed by atoms with Crippen LogP contribution in [0.15, 0.2) is 54.6 Å². The predicted octanol–water partition coefficient (Wildman–Crippen LogP) is 7.35. The maximum absolute atomic E-state index is 2.58. The van der Waals surface area contributed by atoms with Crippen molar-refractivity contribution in [1.29, 1.82) is 0 Å². The molecule has 6 fully saturated rings. The summed E-state index contributed by atoms with van der Waals surface area (Å²) in [4.78, 5) is 5.03. The highest BCUT2D eigenvalue weighted by Gasteiger charge is 2.62. The molecule has 8 rings (SSSR count). The average molecular weight is 469 g/mol. The van der Waals surface area contributed by atoms with Gasteiger partial charge in [0.1, 0.15) is 0 Å². The molecule has 2 nitrogen and oxygen atoms in total. The number of hydrogen-bond donors (Lipinski definition) is 0. The molecule has 0 amide bonds. The van der Waals surface area contributed by atoms with Crippen LogP contribution in [0.3, 0.4) is 0 Å². The van der Waals surface area contributed by atoms with Crippen molar-refractivity contribution in [1.82, 2.24) is 4.90 Å². The van der Waals surface area contributed by atoms with E-state index in [1.807, 2.05) is 0 Å². The van der Waals surface area contributed by atoms with Crippen LogP contribution in [-0.4, -0.2) is 38.1 Å². The SMILES string of the molecule is CN1CCN(c2ccc(C(c3ccccc3)C34CC5CC(CC(C6CCCC6)(C5)C3)C4)cc2)CC1. The summed E-state index contributed by atoms with van der Waals surface area (Å²) < 4.78 is 0. The van der Waals surface area contributed by atoms with Crippen LogP contribution >= 0.6 is 0 Å². The number of rotatable bonds is 5. The van der Waals surface area contributed by atoms with Gasteiger partial charge in [-0.3, -0.25) is 0 Å². The fraction of sp³-hybridized carbons (Fsp3) is 0.636. The predicted molar refractivity (Wildman–Crippen MR) is 146 cm³/mol. The highest BCUT2D eigenvalue weighted by molar-refractivity contribution is 5.50. The molecule has 5 aliphatic carbocycles. The number of anilines is 1. The molecule has 0 spiro atoms. The Bertz CT molecular complexity index is 999. The van der Waals surface area contributed by atoms with Crippen molar-refractivity contribution < 1.29 is 0 Å². The molecule has 0 radical (unpaired) electrons. The quantitative estimate of drug-likeness (QED) is 0.453. The summed E-state index contributed by atoms with van der Waals surface area (Å²) in [5, 5.41) is 0. The first-order valence-electron chi connectivity index (χ1n) is 14.7. The summed E-state index contributed by atoms with van der Waals surface area (Å²) in [6, 6.07) is 21.6. The van der Waals surface area contributed by atoms with E-state index in [1.54, 1.807) is 24.0 Å². The van der Waals surface area contributed by atoms with E-state index < -0.39 is 0 Å². The van der Waals surface area contributed by atoms with Crippen LogP contribution in [0.1, 0.15) is 81.3 Å². The summed E-state index contributed by atoms with van der Waals surface area (Å²) in [6.07, 6.45) is 15.1. The first-order valence-corrected chi connectivity index (χ1v) is 14.7. The summed E-state index contributed by atoms with van der Waals surface area (Å²) in [5.74, 6) is 3.53. The Kier molecular flexibility index (Phi) is 5.54. The van der Waals surface area contributed by atoms with Crippen molar-refractivity contribution in [3.8, 4) is 0 Å². The van der Waals surface area contributed by atoms with Crippen LogP contribution in [0.4, 0.5) is 5.69 Å². The van der Waals surface area contributed by atoms with E-state index in [4.69, 9.17) is 0 Å². The van der Waals surface area contributed by atoms with E-state index in [1.165, 1.54) is 70.1 Å². The van der Waals surface area contributed by atoms with Gasteiger partial charge in [0.25, 0.3) is 0 Å². The maximum Gasteiger partial charge on any atom is 0.0367 e. The number of likely N-dealkylation sites (N-methyl/N-ethyl adjacent to an activating group) is 1. The number of hydrogen-bond acceptors (Lipinski definition) is 2. The van der Waals surface area contributed by atoms with E-state index >= 15 is 0 Å². The molecule has 3 atom stereocenters. The van der Waals surface area contributed by atoms with Crippen LogP contribution in [0.5, 0.6) is 0 Å². The molecule has 6 aliphatic rings. The molecule has 3 unspecified atom stereocenters. The van der Waals surface area contributed by atoms with Crippen LogP contribution < -0.4 is 4.90 Å². The van der Waals surface area contributed by atoms with Gasteiger partial charge >= 0.3 is 0 Å². The minimum absolute atomic E-state index is 0.462. The van der Waals surface area contributed by atoms with E-state index in [2.05, 4.69) is 71.4 Å². The standard InChI is InChI=1S/C33H44N2/c1-34-15-17-35(18-16-34)30-13-11-28(12-14-30)31(27-7-3-2-4-8-27)33-22-25-19-26(23-33)21-32(20-25,24-33)29-9-5-6-10-29/h2-4,7-8,11-14,25-26,29,31H,5-6,9-10,15-24H2,1H3. The zero-order chi connectivity index (χ0) is 23.5. The van der Waals surface area contributed by atoms with Crippen molar-refractivity contribution in [2.45, 2.75) is 70.1 Å². The lowest BCUT2D eigenvalue weighted by molar-refractivity contribution is -0.141. The molecule has 2 aromatic carbocycles. The highest BCUT2D eigenvalue weighted by Crippen LogP contribution is 2.72. The molecule has 2 aromatic rings. The highest BCUT2D eigenvalue weighted by atomic mass is 15.2. The van der Waals surface area contributed by atoms with Gasteiger partial charge in [-0.15, -0.1) is 0 Å². The monoisotopic (exact) mass is 468 g/mol. The van der Waals surface area contributed by atoms with Crippen molar-refractivity contribution >= 4 is 5.69 Å². The molecule has 1 saturated heterocycles. The summed E-state index contributed by atoms with van der Waals surface area (Å²) in [5.41, 5.74) is 5.69. The Balaban J connectivity index is 1.26. The Hall–Kier alpha value is -1.80. The third-order valence-electron chi connectivity index (χ3n) is 11.2. The van der Waals surface area contributed by atoms with E-state index in [-0.39, 0.29) is 0 Å². The number of benzene rings is 2. The largest absolute Gasteiger partial charge is 0.369 e. The third-order valence-corrected chi connectivity index (χ3v) is 11.2. The fourth-order valence-corrected chi connectivity index (χ4v) is 10.2. The fourth-order valence-electron chi connectivity index (χ4n) is 10.2. The van der Waals surface area contributed by atoms with Crippen molar-refractivity contribution in [2.24, 2.45) is 28.6 Å². The zero-order valence-corrected chi connectivity index (χ0v) is 21.8. The molecule has 0 aromatic heterocycles. The van der Waals surface area contributed by atoms with Crippen molar-refractivity contribution in [3.63, 3.8) is 0 Å². The van der Waals surface area contributed by atoms with Gasteiger partial charge in [0.2, 0.25) is 0 Å². The van der Waals surface area contributed by atoms with Gasteiger partial charge < -0.3 is 9.80 Å². The second kappa shape index (κ2) is 8.65. The van der Waals surface area contributed by atoms with Gasteiger partial charge in [-0.05, 0) is 110 Å². The van der Waals surface area contributed by atoms with Gasteiger partial charge in [-0.25, -0.2) is 0 Å². The van der Waals surface area contributed by atoms with E-state index in [0.29, 0.717) is 16.7 Å². The first-order chi connectivity index (χ1) is 17.1. The molecule has 0 N–H and O–H groups in total. The van der Waals surface area contributed by atoms with Crippen LogP contribution in [0, 0.1) is 28.6 Å². The van der Waals surface area contributed by atoms with Gasteiger partial charge in [0.05, 0.1) is 0 Å². The molecule has 1 heterocycles. The van der Waals surface area contributed by atoms with E-state index in [9.17, 15) is 0 Å². The summed E-state index contributed by atoms with van der Waals surface area (Å²) >= 11 is 0. The molecule has 2 heteroatoms. The Labute approximate surface area is 213 Å². The average Bonchev–Trinajstić information content (AvgIpc) is 3.41. The molecule has 4 bridgehead atoms. The Morgan fingerprint density at radius 3 is 2.03 bits per heavy atom. The third kappa shape index (κ3) is 3.86. The molecule has 186 valence electrons. The molecule has 1 aliphatic heterocycles. The van der Waals surface area contributed by atoms with Crippen molar-refractivity contribution in [2.75, 3.05) is 38.1 Å². The minimum Gasteiger partial charge on any atom is -0.369 e. The second-order valence-corrected chi connectivity index (χ2v) is 13.4. The van der Waals surface area contributed by atoms with Crippen LogP contribution in [-0.2, 0) is 0 Å². The second-order valence-electron chi connectivity index (χ2n) is 13.4. The molecular weight excluding hydrogens is 424 g/mol. The van der Waals surface area contributed by atoms with Crippen LogP contribution in [0.2, 0.25) is 0 Å². The maximum atomic E-state index is 2.58. The summed E-state index contributed by atoms with van der Waals surface area (Å²) in [7, 11) is 2.24. The number of nitrogens with zero attached hydrogens (tertiary/aromatic N) is 2. The van der Waals surface area contributed by atoms with Gasteiger partial charge in [-0.2, -0.15) is 0 Å². The lowest BCUT2D eigenvalue weighted by Crippen LogP contribution is -2.56. The molecular formula is C33H44N2.